The monoisotopic (exact) mass is 531 g/mol. The first-order chi connectivity index (χ1) is 20.3. The van der Waals surface area contributed by atoms with Crippen LogP contribution >= 0.6 is 0 Å². The summed E-state index contributed by atoms with van der Waals surface area (Å²) < 4.78 is 12.9. The fourth-order valence-electron chi connectivity index (χ4n) is 6.39. The summed E-state index contributed by atoms with van der Waals surface area (Å²) in [5.74, 6) is 2.66. The van der Waals surface area contributed by atoms with Gasteiger partial charge in [0.2, 0.25) is 0 Å². The summed E-state index contributed by atoms with van der Waals surface area (Å²) in [7, 11) is 0. The van der Waals surface area contributed by atoms with Gasteiger partial charge in [0.25, 0.3) is 0 Å². The van der Waals surface area contributed by atoms with Gasteiger partial charge in [0.15, 0.2) is 17.6 Å². The summed E-state index contributed by atoms with van der Waals surface area (Å²) in [4.78, 5) is 2.25. The molecule has 3 aliphatic rings. The van der Waals surface area contributed by atoms with E-state index >= 15 is 0 Å². The molecule has 1 aromatic heterocycles. The molecule has 4 heterocycles. The van der Waals surface area contributed by atoms with Gasteiger partial charge in [-0.1, -0.05) is 72.8 Å². The van der Waals surface area contributed by atoms with Crippen molar-refractivity contribution in [3.05, 3.63) is 132 Å². The Bertz CT molecular complexity index is 2130. The lowest BCUT2D eigenvalue weighted by molar-refractivity contribution is 0.248. The van der Waals surface area contributed by atoms with Crippen molar-refractivity contribution >= 4 is 61.2 Å². The van der Waals surface area contributed by atoms with Crippen LogP contribution in [0.2, 0.25) is 0 Å². The molecule has 41 heavy (non-hydrogen) atoms. The molecule has 9 rings (SSSR count). The molecule has 1 unspecified atom stereocenters. The maximum atomic E-state index is 6.50. The molecule has 3 aliphatic heterocycles. The van der Waals surface area contributed by atoms with E-state index in [2.05, 4.69) is 125 Å². The Balaban J connectivity index is 1.25. The van der Waals surface area contributed by atoms with Crippen LogP contribution in [0.3, 0.4) is 0 Å². The van der Waals surface area contributed by atoms with E-state index in [0.717, 1.165) is 63.0 Å². The minimum atomic E-state index is -0.270. The second-order valence-electron chi connectivity index (χ2n) is 10.6. The highest BCUT2D eigenvalue weighted by atomic mass is 16.5. The van der Waals surface area contributed by atoms with Crippen LogP contribution in [0.4, 0.5) is 17.1 Å². The summed E-state index contributed by atoms with van der Waals surface area (Å²) in [5.41, 5.74) is 6.13. The smallest absolute Gasteiger partial charge is 0.198 e. The zero-order valence-corrected chi connectivity index (χ0v) is 22.1. The fourth-order valence-corrected chi connectivity index (χ4v) is 6.39. The lowest BCUT2D eigenvalue weighted by Gasteiger charge is -2.32. The number of nitrogens with zero attached hydrogens (tertiary/aromatic N) is 1. The zero-order chi connectivity index (χ0) is 26.9. The third-order valence-electron chi connectivity index (χ3n) is 8.28. The predicted octanol–water partition coefficient (Wildman–Crippen LogP) is 8.56. The van der Waals surface area contributed by atoms with E-state index in [1.807, 2.05) is 12.1 Å². The van der Waals surface area contributed by atoms with Crippen molar-refractivity contribution in [2.75, 3.05) is 16.8 Å². The number of rotatable bonds is 3. The van der Waals surface area contributed by atoms with Gasteiger partial charge in [-0.25, -0.2) is 0 Å². The Morgan fingerprint density at radius 1 is 0.756 bits per heavy atom. The van der Waals surface area contributed by atoms with E-state index in [0.29, 0.717) is 0 Å². The van der Waals surface area contributed by atoms with Crippen LogP contribution in [0, 0.1) is 0 Å². The first-order valence-corrected chi connectivity index (χ1v) is 13.9. The van der Waals surface area contributed by atoms with Gasteiger partial charge >= 0.3 is 0 Å². The van der Waals surface area contributed by atoms with Crippen molar-refractivity contribution < 1.29 is 9.15 Å². The molecule has 0 amide bonds. The Labute approximate surface area is 236 Å². The molecule has 0 saturated carbocycles. The van der Waals surface area contributed by atoms with E-state index < -0.39 is 0 Å². The van der Waals surface area contributed by atoms with Crippen LogP contribution in [-0.2, 0) is 0 Å². The maximum absolute atomic E-state index is 6.50. The Morgan fingerprint density at radius 3 is 2.61 bits per heavy atom. The van der Waals surface area contributed by atoms with Crippen molar-refractivity contribution in [3.8, 4) is 5.75 Å². The van der Waals surface area contributed by atoms with Crippen LogP contribution in [-0.4, -0.2) is 12.8 Å². The van der Waals surface area contributed by atoms with Crippen molar-refractivity contribution in [1.82, 2.24) is 5.32 Å². The summed E-state index contributed by atoms with van der Waals surface area (Å²) in [6, 6.07) is 34.2. The first kappa shape index (κ1) is 22.4. The average molecular weight is 532 g/mol. The third-order valence-corrected chi connectivity index (χ3v) is 8.28. The average Bonchev–Trinajstić information content (AvgIpc) is 3.60. The molecular weight excluding hydrogens is 506 g/mol. The van der Waals surface area contributed by atoms with Gasteiger partial charge < -0.3 is 19.8 Å². The number of dihydropyridines is 1. The van der Waals surface area contributed by atoms with Gasteiger partial charge in [-0.2, -0.15) is 0 Å². The van der Waals surface area contributed by atoms with Crippen molar-refractivity contribution in [2.45, 2.75) is 6.23 Å². The Kier molecular flexibility index (Phi) is 4.66. The minimum Gasteiger partial charge on any atom is -0.466 e. The quantitative estimate of drug-likeness (QED) is 0.224. The summed E-state index contributed by atoms with van der Waals surface area (Å²) in [6.07, 6.45) is 8.18. The number of furan rings is 1. The van der Waals surface area contributed by atoms with Gasteiger partial charge in [-0.15, -0.1) is 0 Å². The van der Waals surface area contributed by atoms with Crippen molar-refractivity contribution in [2.24, 2.45) is 0 Å². The summed E-state index contributed by atoms with van der Waals surface area (Å²) >= 11 is 0. The fraction of sp³-hybridized carbons (Fsp3) is 0.0556. The van der Waals surface area contributed by atoms with E-state index in [1.165, 1.54) is 21.5 Å². The predicted molar refractivity (Wildman–Crippen MR) is 167 cm³/mol. The summed E-state index contributed by atoms with van der Waals surface area (Å²) in [6.45, 7) is 0.786. The van der Waals surface area contributed by atoms with Gasteiger partial charge in [0.1, 0.15) is 11.6 Å². The molecule has 0 radical (unpaired) electrons. The van der Waals surface area contributed by atoms with Crippen LogP contribution in [0.5, 0.6) is 5.75 Å². The van der Waals surface area contributed by atoms with E-state index in [9.17, 15) is 0 Å². The molecule has 5 aromatic carbocycles. The van der Waals surface area contributed by atoms with E-state index in [4.69, 9.17) is 9.15 Å². The third kappa shape index (κ3) is 3.36. The number of ether oxygens (including phenoxy) is 1. The van der Waals surface area contributed by atoms with Crippen LogP contribution in [0.1, 0.15) is 11.3 Å². The second kappa shape index (κ2) is 8.54. The number of para-hydroxylation sites is 2. The van der Waals surface area contributed by atoms with Gasteiger partial charge in [-0.05, 0) is 70.1 Å². The highest BCUT2D eigenvalue weighted by molar-refractivity contribution is 6.09. The number of benzene rings is 5. The number of nitrogens with one attached hydrogen (secondary N) is 2. The molecule has 5 heteroatoms. The highest BCUT2D eigenvalue weighted by Crippen LogP contribution is 2.44. The molecule has 0 saturated heterocycles. The van der Waals surface area contributed by atoms with E-state index in [-0.39, 0.29) is 6.23 Å². The highest BCUT2D eigenvalue weighted by Gasteiger charge is 2.33. The Morgan fingerprint density at radius 2 is 1.61 bits per heavy atom. The van der Waals surface area contributed by atoms with Gasteiger partial charge in [0, 0.05) is 28.8 Å². The minimum absolute atomic E-state index is 0.270. The van der Waals surface area contributed by atoms with Gasteiger partial charge in [0.05, 0.1) is 11.4 Å². The largest absolute Gasteiger partial charge is 0.466 e. The summed E-state index contributed by atoms with van der Waals surface area (Å²) in [5, 5.41) is 13.1. The molecule has 0 bridgehead atoms. The number of hydrogen-bond donors (Lipinski definition) is 2. The number of anilines is 3. The number of allylic oxidation sites excluding steroid dienone is 2. The molecule has 2 N–H and O–H groups in total. The molecule has 1 atom stereocenters. The van der Waals surface area contributed by atoms with Crippen LogP contribution in [0.25, 0.3) is 44.2 Å². The van der Waals surface area contributed by atoms with Gasteiger partial charge in [-0.3, -0.25) is 4.90 Å². The Hall–Kier alpha value is -5.42. The standard InChI is InChI=1S/C36H25N3O2/c1-2-8-25-22(7-1)14-15-23-21-24(16-17-26(23)25)39(30-11-5-10-29-34-32(40-35(29)30)13-6-20-37-34)33-19-18-28-27-9-3-4-12-31(27)41-36(28)38-33/h1-19,21,36-38H,20H2. The first-order valence-electron chi connectivity index (χ1n) is 13.9. The van der Waals surface area contributed by atoms with Crippen molar-refractivity contribution in [1.29, 1.82) is 0 Å². The van der Waals surface area contributed by atoms with Crippen LogP contribution < -0.4 is 20.3 Å². The van der Waals surface area contributed by atoms with Crippen LogP contribution in [0.15, 0.2) is 126 Å². The normalized spacial score (nSPS) is 16.7. The molecule has 0 fully saturated rings. The number of hydrogen-bond acceptors (Lipinski definition) is 5. The lowest BCUT2D eigenvalue weighted by Crippen LogP contribution is -2.39. The molecule has 5 nitrogen and oxygen atoms in total. The molecular formula is C36H25N3O2. The second-order valence-corrected chi connectivity index (χ2v) is 10.6. The SMILES string of the molecule is C1=Cc2oc3c(N(C4=CC=C5c6ccccc6OC5N4)c4ccc5c(ccc6ccccc65)c4)cccc3c2NC1. The van der Waals surface area contributed by atoms with Crippen molar-refractivity contribution in [3.63, 3.8) is 0 Å². The molecule has 0 spiro atoms. The van der Waals surface area contributed by atoms with E-state index in [1.54, 1.807) is 0 Å². The molecule has 196 valence electrons. The topological polar surface area (TPSA) is 49.7 Å². The zero-order valence-electron chi connectivity index (χ0n) is 22.1. The molecule has 6 aromatic rings. The maximum Gasteiger partial charge on any atom is 0.198 e. The lowest BCUT2D eigenvalue weighted by atomic mass is 10.0. The molecule has 0 aliphatic carbocycles. The number of fused-ring (bicyclic) bond motifs is 9.